The first-order chi connectivity index (χ1) is 13.8. The molecule has 0 radical (unpaired) electrons. The van der Waals surface area contributed by atoms with Crippen molar-refractivity contribution in [3.05, 3.63) is 46.5 Å². The molecule has 7 nitrogen and oxygen atoms in total. The zero-order chi connectivity index (χ0) is 20.7. The van der Waals surface area contributed by atoms with Crippen molar-refractivity contribution < 1.29 is 9.18 Å². The number of aromatic nitrogens is 3. The highest BCUT2D eigenvalue weighted by atomic mass is 32.1. The van der Waals surface area contributed by atoms with E-state index in [2.05, 4.69) is 25.2 Å². The first kappa shape index (κ1) is 19.7. The number of anilines is 1. The zero-order valence-electron chi connectivity index (χ0n) is 16.8. The summed E-state index contributed by atoms with van der Waals surface area (Å²) in [6.45, 7) is 5.24. The lowest BCUT2D eigenvalue weighted by Gasteiger charge is -2.42. The van der Waals surface area contributed by atoms with Crippen molar-refractivity contribution in [1.29, 1.82) is 0 Å². The Bertz CT molecular complexity index is 1060. The van der Waals surface area contributed by atoms with E-state index in [4.69, 9.17) is 0 Å². The first-order valence-electron chi connectivity index (χ1n) is 9.42. The minimum absolute atomic E-state index is 0.0829. The van der Waals surface area contributed by atoms with Crippen LogP contribution in [0.2, 0.25) is 0 Å². The lowest BCUT2D eigenvalue weighted by molar-refractivity contribution is 0.0396. The Kier molecular flexibility index (Phi) is 5.18. The van der Waals surface area contributed by atoms with Crippen molar-refractivity contribution >= 4 is 33.4 Å². The molecular weight excluding hydrogens is 391 g/mol. The number of halogens is 1. The van der Waals surface area contributed by atoms with Crippen molar-refractivity contribution in [2.75, 3.05) is 32.5 Å². The molecule has 4 rings (SSSR count). The molecule has 1 amide bonds. The maximum absolute atomic E-state index is 13.5. The Balaban J connectivity index is 1.63. The number of carbonyl (C=O) groups is 1. The molecule has 1 aliphatic rings. The van der Waals surface area contributed by atoms with Gasteiger partial charge < -0.3 is 15.1 Å². The van der Waals surface area contributed by atoms with Crippen LogP contribution in [-0.2, 0) is 0 Å². The normalized spacial score (nSPS) is 15.6. The van der Waals surface area contributed by atoms with Crippen LogP contribution in [0.3, 0.4) is 0 Å². The number of amides is 1. The quantitative estimate of drug-likeness (QED) is 0.692. The van der Waals surface area contributed by atoms with Gasteiger partial charge in [-0.25, -0.2) is 14.4 Å². The van der Waals surface area contributed by atoms with E-state index in [9.17, 15) is 9.18 Å². The second-order valence-corrected chi connectivity index (χ2v) is 8.85. The molecule has 1 aliphatic heterocycles. The Morgan fingerprint density at radius 2 is 2.07 bits per heavy atom. The number of nitrogens with zero attached hydrogens (tertiary/aromatic N) is 5. The fraction of sp³-hybridized carbons (Fsp3) is 0.400. The maximum Gasteiger partial charge on any atom is 0.274 e. The number of likely N-dealkylation sites (N-methyl/N-ethyl adjacent to an activating group) is 1. The van der Waals surface area contributed by atoms with Gasteiger partial charge in [-0.05, 0) is 45.6 Å². The molecule has 4 heterocycles. The summed E-state index contributed by atoms with van der Waals surface area (Å²) in [6.07, 6.45) is 2.76. The van der Waals surface area contributed by atoms with Crippen molar-refractivity contribution in [1.82, 2.24) is 24.8 Å². The Morgan fingerprint density at radius 1 is 1.31 bits per heavy atom. The monoisotopic (exact) mass is 414 g/mol. The van der Waals surface area contributed by atoms with Crippen LogP contribution in [0.15, 0.2) is 24.5 Å². The average Bonchev–Trinajstić information content (AvgIpc) is 2.99. The minimum atomic E-state index is -0.398. The van der Waals surface area contributed by atoms with E-state index in [0.29, 0.717) is 36.3 Å². The summed E-state index contributed by atoms with van der Waals surface area (Å²) in [4.78, 5) is 31.1. The number of nitrogens with one attached hydrogen (secondary N) is 1. The van der Waals surface area contributed by atoms with Crippen LogP contribution in [0.4, 0.5) is 10.3 Å². The average molecular weight is 415 g/mol. The minimum Gasteiger partial charge on any atom is -0.348 e. The van der Waals surface area contributed by atoms with Gasteiger partial charge in [-0.3, -0.25) is 9.78 Å². The summed E-state index contributed by atoms with van der Waals surface area (Å²) in [6, 6.07) is 3.49. The topological polar surface area (TPSA) is 74.2 Å². The van der Waals surface area contributed by atoms with Crippen molar-refractivity contribution in [3.63, 3.8) is 0 Å². The lowest BCUT2D eigenvalue weighted by Crippen LogP contribution is -2.59. The number of carbonyl (C=O) groups excluding carboxylic acids is 1. The number of thiophene rings is 1. The third kappa shape index (κ3) is 3.92. The summed E-state index contributed by atoms with van der Waals surface area (Å²) >= 11 is 1.52. The molecule has 0 aliphatic carbocycles. The SMILES string of the molecule is Cc1cc2nc(N[C@@H](C)c3cncc(F)c3)nc(C(=O)N3CC(N(C)C)C3)c2s1. The number of rotatable bonds is 5. The van der Waals surface area contributed by atoms with E-state index < -0.39 is 5.82 Å². The van der Waals surface area contributed by atoms with Crippen molar-refractivity contribution in [2.45, 2.75) is 25.9 Å². The summed E-state index contributed by atoms with van der Waals surface area (Å²) in [7, 11) is 4.03. The molecule has 1 saturated heterocycles. The maximum atomic E-state index is 13.5. The van der Waals surface area contributed by atoms with Gasteiger partial charge >= 0.3 is 0 Å². The highest BCUT2D eigenvalue weighted by molar-refractivity contribution is 7.19. The van der Waals surface area contributed by atoms with Gasteiger partial charge in [-0.1, -0.05) is 0 Å². The number of aryl methyl sites for hydroxylation is 1. The lowest BCUT2D eigenvalue weighted by atomic mass is 10.1. The fourth-order valence-electron chi connectivity index (χ4n) is 3.30. The number of likely N-dealkylation sites (tertiary alicyclic amines) is 1. The standard InChI is InChI=1S/C20H23FN6OS/c1-11-5-16-18(29-11)17(19(28)27-9-15(10-27)26(3)4)25-20(24-16)23-12(2)13-6-14(21)8-22-7-13/h5-8,12,15H,9-10H2,1-4H3,(H,23,24,25)/t12-/m0/s1. The first-order valence-corrected chi connectivity index (χ1v) is 10.2. The third-order valence-corrected chi connectivity index (χ3v) is 6.20. The van der Waals surface area contributed by atoms with Gasteiger partial charge in [0, 0.05) is 30.2 Å². The van der Waals surface area contributed by atoms with Crippen molar-refractivity contribution in [3.8, 4) is 0 Å². The largest absolute Gasteiger partial charge is 0.348 e. The van der Waals surface area contributed by atoms with Crippen LogP contribution in [0.1, 0.15) is 33.9 Å². The predicted octanol–water partition coefficient (Wildman–Crippen LogP) is 3.09. The molecule has 1 fully saturated rings. The Labute approximate surface area is 172 Å². The van der Waals surface area contributed by atoms with Gasteiger partial charge in [-0.2, -0.15) is 0 Å². The fourth-order valence-corrected chi connectivity index (χ4v) is 4.23. The van der Waals surface area contributed by atoms with E-state index >= 15 is 0 Å². The Morgan fingerprint density at radius 3 is 2.76 bits per heavy atom. The molecule has 3 aromatic heterocycles. The number of hydrogen-bond donors (Lipinski definition) is 1. The van der Waals surface area contributed by atoms with E-state index in [1.54, 1.807) is 6.20 Å². The highest BCUT2D eigenvalue weighted by Gasteiger charge is 2.34. The number of fused-ring (bicyclic) bond motifs is 1. The van der Waals surface area contributed by atoms with Gasteiger partial charge in [0.2, 0.25) is 5.95 Å². The van der Waals surface area contributed by atoms with Crippen LogP contribution in [0.5, 0.6) is 0 Å². The molecule has 152 valence electrons. The van der Waals surface area contributed by atoms with E-state index in [-0.39, 0.29) is 11.9 Å². The molecule has 0 aromatic carbocycles. The molecule has 0 unspecified atom stereocenters. The van der Waals surface area contributed by atoms with Gasteiger partial charge in [0.05, 0.1) is 22.5 Å². The molecule has 1 atom stereocenters. The molecular formula is C20H23FN6OS. The number of pyridine rings is 1. The smallest absolute Gasteiger partial charge is 0.274 e. The van der Waals surface area contributed by atoms with Gasteiger partial charge in [0.15, 0.2) is 5.69 Å². The summed E-state index contributed by atoms with van der Waals surface area (Å²) in [5.41, 5.74) is 1.83. The summed E-state index contributed by atoms with van der Waals surface area (Å²) in [5.74, 6) is -0.134. The second-order valence-electron chi connectivity index (χ2n) is 7.60. The predicted molar refractivity (Wildman–Crippen MR) is 112 cm³/mol. The van der Waals surface area contributed by atoms with E-state index in [0.717, 1.165) is 21.3 Å². The van der Waals surface area contributed by atoms with Crippen molar-refractivity contribution in [2.24, 2.45) is 0 Å². The molecule has 3 aromatic rings. The molecule has 29 heavy (non-hydrogen) atoms. The Hall–Kier alpha value is -2.65. The van der Waals surface area contributed by atoms with Crippen LogP contribution < -0.4 is 5.32 Å². The van der Waals surface area contributed by atoms with Gasteiger partial charge in [0.1, 0.15) is 5.82 Å². The van der Waals surface area contributed by atoms with E-state index in [1.165, 1.54) is 17.4 Å². The second kappa shape index (κ2) is 7.64. The summed E-state index contributed by atoms with van der Waals surface area (Å²) < 4.78 is 14.3. The number of hydrogen-bond acceptors (Lipinski definition) is 7. The van der Waals surface area contributed by atoms with Crippen LogP contribution in [-0.4, -0.2) is 63.9 Å². The van der Waals surface area contributed by atoms with Crippen LogP contribution >= 0.6 is 11.3 Å². The molecule has 0 spiro atoms. The zero-order valence-corrected chi connectivity index (χ0v) is 17.6. The molecule has 9 heteroatoms. The molecule has 0 bridgehead atoms. The van der Waals surface area contributed by atoms with E-state index in [1.807, 2.05) is 38.9 Å². The van der Waals surface area contributed by atoms with Gasteiger partial charge in [0.25, 0.3) is 5.91 Å². The molecule has 0 saturated carbocycles. The van der Waals surface area contributed by atoms with Crippen LogP contribution in [0.25, 0.3) is 10.2 Å². The highest BCUT2D eigenvalue weighted by Crippen LogP contribution is 2.30. The third-order valence-electron chi connectivity index (χ3n) is 5.15. The molecule has 1 N–H and O–H groups in total. The van der Waals surface area contributed by atoms with Crippen LogP contribution in [0, 0.1) is 12.7 Å². The van der Waals surface area contributed by atoms with Gasteiger partial charge in [-0.15, -0.1) is 11.3 Å². The summed E-state index contributed by atoms with van der Waals surface area (Å²) in [5, 5.41) is 3.18.